The molecule has 3 nitrogen and oxygen atoms in total. The maximum Gasteiger partial charge on any atom is 0.154 e. The molecule has 0 atom stereocenters. The molecule has 0 N–H and O–H groups in total. The lowest BCUT2D eigenvalue weighted by atomic mass is 11.9. The van der Waals surface area contributed by atoms with Gasteiger partial charge in [-0.2, -0.15) is 11.8 Å². The Labute approximate surface area is 40.2 Å². The fourth-order valence-electron chi connectivity index (χ4n) is 0. The first kappa shape index (κ1) is 9.23. The third-order valence-electron chi connectivity index (χ3n) is 0. The highest BCUT2D eigenvalue weighted by atomic mass is 32.2. The second-order valence-corrected chi connectivity index (χ2v) is 1.29. The van der Waals surface area contributed by atoms with Crippen molar-refractivity contribution in [3.8, 4) is 0 Å². The molecule has 0 aromatic heterocycles. The molecule has 0 aromatic rings. The second-order valence-electron chi connectivity index (χ2n) is 0.476. The highest BCUT2D eigenvalue weighted by Gasteiger charge is 1.32. The van der Waals surface area contributed by atoms with Crippen LogP contribution in [-0.4, -0.2) is 12.5 Å². The van der Waals surface area contributed by atoms with Crippen LogP contribution in [0.25, 0.3) is 0 Å². The Balaban J connectivity index is 0. The molecule has 0 heterocycles. The van der Waals surface area contributed by atoms with E-state index in [1.54, 1.807) is 16.5 Å². The van der Waals surface area contributed by atoms with Crippen molar-refractivity contribution in [1.82, 2.24) is 0 Å². The molecule has 4 heteroatoms. The summed E-state index contributed by atoms with van der Waals surface area (Å²) in [6.07, 6.45) is 4.08. The van der Waals surface area contributed by atoms with Gasteiger partial charge in [-0.3, -0.25) is 0 Å². The normalized spacial score (nSPS) is 5.00. The van der Waals surface area contributed by atoms with E-state index >= 15 is 0 Å². The highest BCUT2D eigenvalue weighted by Crippen LogP contribution is 1.70. The fourth-order valence-corrected chi connectivity index (χ4v) is 0. The molecular formula is C2H6O3S. The maximum atomic E-state index is 7.88. The molecule has 0 fully saturated rings. The summed E-state index contributed by atoms with van der Waals surface area (Å²) in [5, 5.41) is 7.88. The van der Waals surface area contributed by atoms with Gasteiger partial charge in [-0.05, 0) is 12.5 Å². The topological polar surface area (TPSA) is 51.4 Å². The van der Waals surface area contributed by atoms with Crippen LogP contribution in [0.2, 0.25) is 0 Å². The van der Waals surface area contributed by atoms with E-state index < -0.39 is 0 Å². The summed E-state index contributed by atoms with van der Waals surface area (Å²) in [7, 11) is 0. The van der Waals surface area contributed by atoms with Crippen molar-refractivity contribution in [3.63, 3.8) is 0 Å². The van der Waals surface area contributed by atoms with Crippen LogP contribution in [0.1, 0.15) is 0 Å². The van der Waals surface area contributed by atoms with Crippen LogP contribution in [0.5, 0.6) is 0 Å². The summed E-state index contributed by atoms with van der Waals surface area (Å²) >= 11 is 1.75. The van der Waals surface area contributed by atoms with Crippen molar-refractivity contribution >= 4 is 11.8 Å². The van der Waals surface area contributed by atoms with Crippen LogP contribution in [0.15, 0.2) is 0 Å². The van der Waals surface area contributed by atoms with E-state index in [0.717, 1.165) is 0 Å². The quantitative estimate of drug-likeness (QED) is 0.248. The van der Waals surface area contributed by atoms with Gasteiger partial charge in [0.15, 0.2) is 4.75 Å². The smallest absolute Gasteiger partial charge is 0.154 e. The Morgan fingerprint density at radius 1 is 1.67 bits per heavy atom. The third-order valence-corrected chi connectivity index (χ3v) is 0. The molecular weight excluding hydrogens is 104 g/mol. The zero-order chi connectivity index (χ0) is 5.41. The molecule has 38 valence electrons. The van der Waals surface area contributed by atoms with Crippen LogP contribution in [-0.2, 0) is 0 Å². The zero-order valence-corrected chi connectivity index (χ0v) is 4.45. The van der Waals surface area contributed by atoms with Crippen molar-refractivity contribution in [3.05, 3.63) is 9.71 Å². The summed E-state index contributed by atoms with van der Waals surface area (Å²) in [4.78, 5) is 7.88. The van der Waals surface area contributed by atoms with E-state index in [4.69, 9.17) is 10.2 Å². The van der Waals surface area contributed by atoms with Crippen molar-refractivity contribution < 1.29 is 5.26 Å². The Morgan fingerprint density at radius 2 is 1.67 bits per heavy atom. The molecule has 0 aromatic carbocycles. The minimum Gasteiger partial charge on any atom is -0.169 e. The van der Waals surface area contributed by atoms with Gasteiger partial charge in [0.25, 0.3) is 0 Å². The molecule has 0 unspecified atom stereocenters. The van der Waals surface area contributed by atoms with Gasteiger partial charge in [-0.25, -0.2) is 0 Å². The van der Waals surface area contributed by atoms with Gasteiger partial charge >= 0.3 is 0 Å². The molecule has 0 spiro atoms. The van der Waals surface area contributed by atoms with E-state index in [1.165, 1.54) is 0 Å². The van der Waals surface area contributed by atoms with Crippen LogP contribution in [0.4, 0.5) is 0 Å². The van der Waals surface area contributed by atoms with E-state index in [-0.39, 0.29) is 0 Å². The molecule has 0 amide bonds. The monoisotopic (exact) mass is 110 g/mol. The standard InChI is InChI=1S/C2H6S.O3/c2*1-3-2/h1-2H3;. The van der Waals surface area contributed by atoms with E-state index in [1.807, 2.05) is 12.5 Å². The number of rotatable bonds is 0. The Morgan fingerprint density at radius 3 is 1.67 bits per heavy atom. The van der Waals surface area contributed by atoms with E-state index in [9.17, 15) is 0 Å². The first-order chi connectivity index (χ1) is 2.83. The first-order valence-electron chi connectivity index (χ1n) is 1.15. The van der Waals surface area contributed by atoms with Gasteiger partial charge in [0.2, 0.25) is 0 Å². The molecule has 0 aliphatic carbocycles. The number of hydrogen-bond donors (Lipinski definition) is 0. The van der Waals surface area contributed by atoms with Crippen molar-refractivity contribution in [2.24, 2.45) is 0 Å². The molecule has 0 saturated heterocycles. The van der Waals surface area contributed by atoms with Gasteiger partial charge in [-0.15, -0.1) is 0 Å². The Kier molecular flexibility index (Phi) is 33.5. The van der Waals surface area contributed by atoms with Gasteiger partial charge in [0.05, 0.1) is 0 Å². The molecule has 0 aliphatic heterocycles. The van der Waals surface area contributed by atoms with Crippen molar-refractivity contribution in [2.75, 3.05) is 12.5 Å². The maximum absolute atomic E-state index is 7.88. The average molecular weight is 110 g/mol. The lowest BCUT2D eigenvalue weighted by molar-refractivity contribution is -0.284. The molecule has 0 rings (SSSR count). The number of thioether (sulfide) groups is 1. The summed E-state index contributed by atoms with van der Waals surface area (Å²) in [6.45, 7) is 0. The minimum absolute atomic E-state index is 1.75. The number of hydrogen-bond acceptors (Lipinski definition) is 3. The molecule has 0 radical (unpaired) electrons. The van der Waals surface area contributed by atoms with Crippen LogP contribution in [0.3, 0.4) is 0 Å². The molecule has 0 aliphatic rings. The van der Waals surface area contributed by atoms with E-state index in [0.29, 0.717) is 0 Å². The average Bonchev–Trinajstić information content (AvgIpc) is 1.39. The summed E-state index contributed by atoms with van der Waals surface area (Å²) in [5.41, 5.74) is 0. The predicted octanol–water partition coefficient (Wildman–Crippen LogP) is -0.143. The van der Waals surface area contributed by atoms with Gasteiger partial charge in [0.1, 0.15) is 0 Å². The van der Waals surface area contributed by atoms with Gasteiger partial charge < -0.3 is 0 Å². The van der Waals surface area contributed by atoms with Crippen LogP contribution < -0.4 is 5.26 Å². The lowest BCUT2D eigenvalue weighted by Crippen LogP contribution is -1.82. The third kappa shape index (κ3) is 454. The molecule has 0 bridgehead atoms. The fraction of sp³-hybridized carbons (Fsp3) is 1.00. The second kappa shape index (κ2) is 21.8. The van der Waals surface area contributed by atoms with Crippen molar-refractivity contribution in [2.45, 2.75) is 0 Å². The molecule has 6 heavy (non-hydrogen) atoms. The van der Waals surface area contributed by atoms with Crippen LogP contribution in [0, 0.1) is 9.71 Å². The van der Waals surface area contributed by atoms with Crippen molar-refractivity contribution in [1.29, 1.82) is 0 Å². The highest BCUT2D eigenvalue weighted by molar-refractivity contribution is 7.97. The van der Waals surface area contributed by atoms with Crippen LogP contribution >= 0.6 is 11.8 Å². The zero-order valence-electron chi connectivity index (χ0n) is 3.63. The summed E-state index contributed by atoms with van der Waals surface area (Å²) in [5.74, 6) is 0. The summed E-state index contributed by atoms with van der Waals surface area (Å²) in [6, 6.07) is 0. The Hall–Kier alpha value is -0.250. The lowest BCUT2D eigenvalue weighted by Gasteiger charge is -1.51. The van der Waals surface area contributed by atoms with Gasteiger partial charge in [-0.1, -0.05) is 10.2 Å². The van der Waals surface area contributed by atoms with E-state index in [2.05, 4.69) is 0 Å². The van der Waals surface area contributed by atoms with Gasteiger partial charge in [0, 0.05) is 0 Å². The molecule has 0 saturated carbocycles. The largest absolute Gasteiger partial charge is 0.169 e. The summed E-state index contributed by atoms with van der Waals surface area (Å²) < 4.78 is 1.75. The Bertz CT molecular complexity index is 22.8. The predicted molar refractivity (Wildman–Crippen MR) is 26.2 cm³/mol. The first-order valence-corrected chi connectivity index (χ1v) is 2.78. The minimum atomic E-state index is 1.75. The SMILES string of the molecule is CSC.O=[O+][O-].